The number of hydrogen-bond donors (Lipinski definition) is 2. The van der Waals surface area contributed by atoms with Gasteiger partial charge in [0.2, 0.25) is 0 Å². The van der Waals surface area contributed by atoms with Crippen LogP contribution in [-0.2, 0) is 6.42 Å². The van der Waals surface area contributed by atoms with Crippen molar-refractivity contribution in [2.24, 2.45) is 0 Å². The van der Waals surface area contributed by atoms with Crippen molar-refractivity contribution < 1.29 is 0 Å². The predicted octanol–water partition coefficient (Wildman–Crippen LogP) is 0.639. The van der Waals surface area contributed by atoms with Gasteiger partial charge >= 0.3 is 0 Å². The number of aromatic amines is 1. The summed E-state index contributed by atoms with van der Waals surface area (Å²) in [5.74, 6) is 1.71. The monoisotopic (exact) mass is 204 g/mol. The second-order valence-corrected chi connectivity index (χ2v) is 3.05. The maximum Gasteiger partial charge on any atom is 0.144 e. The molecular formula is C9H12N6. The Hall–Kier alpha value is -1.98. The second-order valence-electron chi connectivity index (χ2n) is 3.05. The van der Waals surface area contributed by atoms with E-state index in [4.69, 9.17) is 0 Å². The highest BCUT2D eigenvalue weighted by atomic mass is 15.2. The van der Waals surface area contributed by atoms with Gasteiger partial charge < -0.3 is 5.32 Å². The number of hydrogen-bond acceptors (Lipinski definition) is 5. The minimum Gasteiger partial charge on any atom is -0.369 e. The van der Waals surface area contributed by atoms with E-state index in [-0.39, 0.29) is 0 Å². The normalized spacial score (nSPS) is 10.1. The van der Waals surface area contributed by atoms with Gasteiger partial charge in [0.05, 0.1) is 6.20 Å². The maximum absolute atomic E-state index is 4.10. The summed E-state index contributed by atoms with van der Waals surface area (Å²) in [4.78, 5) is 12.1. The van der Waals surface area contributed by atoms with E-state index < -0.39 is 0 Å². The van der Waals surface area contributed by atoms with Crippen LogP contribution in [0.2, 0.25) is 0 Å². The molecule has 15 heavy (non-hydrogen) atoms. The van der Waals surface area contributed by atoms with Crippen molar-refractivity contribution in [2.45, 2.75) is 12.8 Å². The van der Waals surface area contributed by atoms with Gasteiger partial charge in [0.25, 0.3) is 0 Å². The summed E-state index contributed by atoms with van der Waals surface area (Å²) < 4.78 is 0. The standard InChI is InChI=1S/C9H12N6/c1(2-8-13-7-14-15-8)3-11-9-6-10-4-5-12-9/h4-7H,1-3H2,(H,11,12)(H,13,14,15). The minimum absolute atomic E-state index is 0.801. The van der Waals surface area contributed by atoms with E-state index in [1.807, 2.05) is 0 Å². The van der Waals surface area contributed by atoms with Crippen LogP contribution in [0.5, 0.6) is 0 Å². The smallest absolute Gasteiger partial charge is 0.144 e. The van der Waals surface area contributed by atoms with E-state index >= 15 is 0 Å². The Bertz CT molecular complexity index is 371. The molecule has 6 heteroatoms. The zero-order chi connectivity index (χ0) is 10.3. The SMILES string of the molecule is c1cnc(NCCCc2ncn[nH]2)cn1. The Kier molecular flexibility index (Phi) is 3.22. The first-order valence-corrected chi connectivity index (χ1v) is 4.79. The van der Waals surface area contributed by atoms with E-state index in [0.717, 1.165) is 31.0 Å². The van der Waals surface area contributed by atoms with Crippen molar-refractivity contribution in [1.82, 2.24) is 25.1 Å². The molecule has 2 rings (SSSR count). The van der Waals surface area contributed by atoms with Crippen LogP contribution in [-0.4, -0.2) is 31.7 Å². The van der Waals surface area contributed by atoms with Gasteiger partial charge in [0.1, 0.15) is 18.0 Å². The molecular weight excluding hydrogens is 192 g/mol. The summed E-state index contributed by atoms with van der Waals surface area (Å²) in [5.41, 5.74) is 0. The molecule has 2 heterocycles. The Morgan fingerprint density at radius 2 is 2.27 bits per heavy atom. The first kappa shape index (κ1) is 9.57. The van der Waals surface area contributed by atoms with Gasteiger partial charge in [-0.15, -0.1) is 0 Å². The molecule has 0 bridgehead atoms. The molecule has 0 aliphatic carbocycles. The molecule has 0 saturated carbocycles. The van der Waals surface area contributed by atoms with Gasteiger partial charge in [-0.3, -0.25) is 10.1 Å². The largest absolute Gasteiger partial charge is 0.369 e. The van der Waals surface area contributed by atoms with E-state index in [9.17, 15) is 0 Å². The van der Waals surface area contributed by atoms with Crippen LogP contribution in [0.1, 0.15) is 12.2 Å². The molecule has 78 valence electrons. The van der Waals surface area contributed by atoms with Gasteiger partial charge in [-0.1, -0.05) is 0 Å². The molecule has 0 atom stereocenters. The number of rotatable bonds is 5. The lowest BCUT2D eigenvalue weighted by Gasteiger charge is -2.02. The van der Waals surface area contributed by atoms with E-state index in [1.165, 1.54) is 6.33 Å². The number of aryl methyl sites for hydroxylation is 1. The van der Waals surface area contributed by atoms with Crippen LogP contribution in [0.3, 0.4) is 0 Å². The van der Waals surface area contributed by atoms with Crippen LogP contribution in [0.25, 0.3) is 0 Å². The van der Waals surface area contributed by atoms with Gasteiger partial charge in [-0.2, -0.15) is 5.10 Å². The molecule has 0 fully saturated rings. The molecule has 2 aromatic rings. The number of H-pyrrole nitrogens is 1. The fourth-order valence-corrected chi connectivity index (χ4v) is 1.21. The van der Waals surface area contributed by atoms with E-state index in [0.29, 0.717) is 0 Å². The van der Waals surface area contributed by atoms with Crippen molar-refractivity contribution in [3.05, 3.63) is 30.7 Å². The van der Waals surface area contributed by atoms with Gasteiger partial charge in [0.15, 0.2) is 0 Å². The van der Waals surface area contributed by atoms with Gasteiger partial charge in [0, 0.05) is 25.4 Å². The first-order valence-electron chi connectivity index (χ1n) is 4.79. The lowest BCUT2D eigenvalue weighted by atomic mass is 10.3. The molecule has 0 unspecified atom stereocenters. The third-order valence-corrected chi connectivity index (χ3v) is 1.92. The van der Waals surface area contributed by atoms with Crippen LogP contribution >= 0.6 is 0 Å². The quantitative estimate of drug-likeness (QED) is 0.699. The maximum atomic E-state index is 4.10. The Labute approximate surface area is 87.2 Å². The summed E-state index contributed by atoms with van der Waals surface area (Å²) >= 11 is 0. The van der Waals surface area contributed by atoms with Crippen molar-refractivity contribution in [3.63, 3.8) is 0 Å². The average Bonchev–Trinajstić information content (AvgIpc) is 2.79. The Balaban J connectivity index is 1.68. The molecule has 0 aliphatic heterocycles. The minimum atomic E-state index is 0.801. The number of nitrogens with zero attached hydrogens (tertiary/aromatic N) is 4. The lowest BCUT2D eigenvalue weighted by Crippen LogP contribution is -2.05. The number of aromatic nitrogens is 5. The van der Waals surface area contributed by atoms with Crippen LogP contribution in [0.15, 0.2) is 24.9 Å². The molecule has 0 amide bonds. The molecule has 0 radical (unpaired) electrons. The van der Waals surface area contributed by atoms with Crippen molar-refractivity contribution in [2.75, 3.05) is 11.9 Å². The molecule has 0 aliphatic rings. The average molecular weight is 204 g/mol. The van der Waals surface area contributed by atoms with Crippen molar-refractivity contribution in [3.8, 4) is 0 Å². The molecule has 0 saturated heterocycles. The summed E-state index contributed by atoms with van der Waals surface area (Å²) in [6.07, 6.45) is 8.40. The highest BCUT2D eigenvalue weighted by Gasteiger charge is 1.95. The third kappa shape index (κ3) is 3.01. The first-order chi connectivity index (χ1) is 7.45. The molecule has 2 N–H and O–H groups in total. The summed E-state index contributed by atoms with van der Waals surface area (Å²) in [6.45, 7) is 0.847. The van der Waals surface area contributed by atoms with Gasteiger partial charge in [-0.05, 0) is 6.42 Å². The predicted molar refractivity (Wildman–Crippen MR) is 55.2 cm³/mol. The zero-order valence-electron chi connectivity index (χ0n) is 8.22. The summed E-state index contributed by atoms with van der Waals surface area (Å²) in [7, 11) is 0. The Morgan fingerprint density at radius 1 is 1.27 bits per heavy atom. The second kappa shape index (κ2) is 5.04. The highest BCUT2D eigenvalue weighted by Crippen LogP contribution is 1.98. The zero-order valence-corrected chi connectivity index (χ0v) is 8.22. The van der Waals surface area contributed by atoms with Crippen LogP contribution in [0.4, 0.5) is 5.82 Å². The molecule has 6 nitrogen and oxygen atoms in total. The lowest BCUT2D eigenvalue weighted by molar-refractivity contribution is 0.803. The topological polar surface area (TPSA) is 79.4 Å². The van der Waals surface area contributed by atoms with Crippen molar-refractivity contribution in [1.29, 1.82) is 0 Å². The van der Waals surface area contributed by atoms with Crippen LogP contribution < -0.4 is 5.32 Å². The third-order valence-electron chi connectivity index (χ3n) is 1.92. The van der Waals surface area contributed by atoms with Gasteiger partial charge in [-0.25, -0.2) is 9.97 Å². The summed E-state index contributed by atoms with van der Waals surface area (Å²) in [5, 5.41) is 9.77. The van der Waals surface area contributed by atoms with E-state index in [1.54, 1.807) is 18.6 Å². The molecule has 0 spiro atoms. The fraction of sp³-hybridized carbons (Fsp3) is 0.333. The fourth-order valence-electron chi connectivity index (χ4n) is 1.21. The highest BCUT2D eigenvalue weighted by molar-refractivity contribution is 5.29. The molecule has 0 aromatic carbocycles. The number of anilines is 1. The van der Waals surface area contributed by atoms with E-state index in [2.05, 4.69) is 30.5 Å². The van der Waals surface area contributed by atoms with Crippen LogP contribution in [0, 0.1) is 0 Å². The number of nitrogens with one attached hydrogen (secondary N) is 2. The van der Waals surface area contributed by atoms with Crippen molar-refractivity contribution >= 4 is 5.82 Å². The molecule has 2 aromatic heterocycles. The Morgan fingerprint density at radius 3 is 3.00 bits per heavy atom. The summed E-state index contributed by atoms with van der Waals surface area (Å²) in [6, 6.07) is 0.